The van der Waals surface area contributed by atoms with Gasteiger partial charge in [-0.1, -0.05) is 23.2 Å². The molecule has 0 aliphatic carbocycles. The van der Waals surface area contributed by atoms with E-state index in [1.165, 1.54) is 19.2 Å². The number of rotatable bonds is 3. The molecular formula is C14H11BrCl2FNO. The normalized spacial score (nSPS) is 12.3. The van der Waals surface area contributed by atoms with Crippen molar-refractivity contribution in [1.29, 1.82) is 0 Å². The molecule has 0 aromatic heterocycles. The standard InChI is InChI=1S/C14H11BrCl2FNO/c1-20-13-3-2-7(16)4-9(13)14(19)8-5-11(17)10(15)6-12(8)18/h2-6,14H,19H2,1H3. The van der Waals surface area contributed by atoms with Gasteiger partial charge in [-0.25, -0.2) is 4.39 Å². The van der Waals surface area contributed by atoms with Crippen molar-refractivity contribution in [2.75, 3.05) is 7.11 Å². The molecule has 0 aliphatic heterocycles. The third kappa shape index (κ3) is 3.09. The van der Waals surface area contributed by atoms with Crippen LogP contribution >= 0.6 is 39.1 Å². The molecule has 2 rings (SSSR count). The maximum Gasteiger partial charge on any atom is 0.129 e. The van der Waals surface area contributed by atoms with Gasteiger partial charge in [-0.15, -0.1) is 0 Å². The second-order valence-corrected chi connectivity index (χ2v) is 5.85. The number of hydrogen-bond acceptors (Lipinski definition) is 2. The van der Waals surface area contributed by atoms with Crippen molar-refractivity contribution in [3.8, 4) is 5.75 Å². The first-order valence-corrected chi connectivity index (χ1v) is 7.22. The number of methoxy groups -OCH3 is 1. The number of hydrogen-bond donors (Lipinski definition) is 1. The Labute approximate surface area is 134 Å². The highest BCUT2D eigenvalue weighted by Crippen LogP contribution is 2.34. The Balaban J connectivity index is 2.54. The molecule has 2 aromatic rings. The first kappa shape index (κ1) is 15.6. The minimum absolute atomic E-state index is 0.277. The maximum atomic E-state index is 14.1. The van der Waals surface area contributed by atoms with Crippen molar-refractivity contribution >= 4 is 39.1 Å². The average molecular weight is 379 g/mol. The van der Waals surface area contributed by atoms with Gasteiger partial charge in [0.2, 0.25) is 0 Å². The van der Waals surface area contributed by atoms with Gasteiger partial charge in [0.1, 0.15) is 11.6 Å². The van der Waals surface area contributed by atoms with Crippen LogP contribution < -0.4 is 10.5 Å². The van der Waals surface area contributed by atoms with E-state index in [1.807, 2.05) is 0 Å². The first-order chi connectivity index (χ1) is 9.43. The molecule has 2 nitrogen and oxygen atoms in total. The smallest absolute Gasteiger partial charge is 0.129 e. The lowest BCUT2D eigenvalue weighted by Gasteiger charge is -2.17. The van der Waals surface area contributed by atoms with Gasteiger partial charge in [0, 0.05) is 20.6 Å². The van der Waals surface area contributed by atoms with Crippen LogP contribution in [0.5, 0.6) is 5.75 Å². The van der Waals surface area contributed by atoms with Crippen molar-refractivity contribution in [2.45, 2.75) is 6.04 Å². The van der Waals surface area contributed by atoms with Crippen LogP contribution in [0.1, 0.15) is 17.2 Å². The van der Waals surface area contributed by atoms with E-state index in [1.54, 1.807) is 18.2 Å². The summed E-state index contributed by atoms with van der Waals surface area (Å²) in [5.74, 6) is 0.0937. The zero-order valence-corrected chi connectivity index (χ0v) is 13.6. The molecule has 6 heteroatoms. The summed E-state index contributed by atoms with van der Waals surface area (Å²) in [7, 11) is 1.52. The summed E-state index contributed by atoms with van der Waals surface area (Å²) in [4.78, 5) is 0. The Morgan fingerprint density at radius 3 is 2.55 bits per heavy atom. The summed E-state index contributed by atoms with van der Waals surface area (Å²) in [6, 6.07) is 7.08. The lowest BCUT2D eigenvalue weighted by molar-refractivity contribution is 0.407. The van der Waals surface area contributed by atoms with E-state index in [9.17, 15) is 4.39 Å². The molecule has 0 radical (unpaired) electrons. The van der Waals surface area contributed by atoms with Crippen LogP contribution in [0.4, 0.5) is 4.39 Å². The molecular weight excluding hydrogens is 368 g/mol. The summed E-state index contributed by atoms with van der Waals surface area (Å²) in [5.41, 5.74) is 7.00. The molecule has 0 saturated carbocycles. The summed E-state index contributed by atoms with van der Waals surface area (Å²) >= 11 is 15.1. The molecule has 0 saturated heterocycles. The number of halogens is 4. The molecule has 1 atom stereocenters. The van der Waals surface area contributed by atoms with Crippen LogP contribution in [0.25, 0.3) is 0 Å². The minimum Gasteiger partial charge on any atom is -0.496 e. The van der Waals surface area contributed by atoms with Crippen LogP contribution in [0.2, 0.25) is 10.0 Å². The molecule has 20 heavy (non-hydrogen) atoms. The summed E-state index contributed by atoms with van der Waals surface area (Å²) in [6.07, 6.45) is 0. The molecule has 1 unspecified atom stereocenters. The fourth-order valence-electron chi connectivity index (χ4n) is 1.89. The lowest BCUT2D eigenvalue weighted by Crippen LogP contribution is -2.15. The second-order valence-electron chi connectivity index (χ2n) is 4.15. The van der Waals surface area contributed by atoms with Gasteiger partial charge in [0.05, 0.1) is 18.2 Å². The van der Waals surface area contributed by atoms with Gasteiger partial charge in [0.25, 0.3) is 0 Å². The Morgan fingerprint density at radius 1 is 1.20 bits per heavy atom. The predicted octanol–water partition coefficient (Wildman–Crippen LogP) is 4.95. The van der Waals surface area contributed by atoms with Gasteiger partial charge in [0.15, 0.2) is 0 Å². The molecule has 2 N–H and O–H groups in total. The van der Waals surface area contributed by atoms with Crippen LogP contribution in [-0.4, -0.2) is 7.11 Å². The second kappa shape index (κ2) is 6.31. The Hall–Kier alpha value is -0.810. The van der Waals surface area contributed by atoms with Gasteiger partial charge < -0.3 is 10.5 Å². The number of nitrogens with two attached hydrogens (primary N) is 1. The van der Waals surface area contributed by atoms with Crippen molar-refractivity contribution < 1.29 is 9.13 Å². The van der Waals surface area contributed by atoms with Gasteiger partial charge in [-0.05, 0) is 46.3 Å². The van der Waals surface area contributed by atoms with Gasteiger partial charge >= 0.3 is 0 Å². The van der Waals surface area contributed by atoms with Crippen LogP contribution in [0, 0.1) is 5.82 Å². The molecule has 2 aromatic carbocycles. The van der Waals surface area contributed by atoms with E-state index in [2.05, 4.69) is 15.9 Å². The molecule has 0 bridgehead atoms. The minimum atomic E-state index is -0.728. The lowest BCUT2D eigenvalue weighted by atomic mass is 9.98. The molecule has 0 amide bonds. The van der Waals surface area contributed by atoms with Crippen molar-refractivity contribution in [3.63, 3.8) is 0 Å². The third-order valence-electron chi connectivity index (χ3n) is 2.90. The summed E-state index contributed by atoms with van der Waals surface area (Å²) in [6.45, 7) is 0. The zero-order chi connectivity index (χ0) is 14.9. The zero-order valence-electron chi connectivity index (χ0n) is 10.5. The molecule has 0 spiro atoms. The Kier molecular flexibility index (Phi) is 4.91. The van der Waals surface area contributed by atoms with Crippen LogP contribution in [0.15, 0.2) is 34.8 Å². The first-order valence-electron chi connectivity index (χ1n) is 5.67. The number of ether oxygens (including phenoxy) is 1. The van der Waals surface area contributed by atoms with Crippen LogP contribution in [0.3, 0.4) is 0 Å². The summed E-state index contributed by atoms with van der Waals surface area (Å²) < 4.78 is 19.8. The molecule has 0 fully saturated rings. The fraction of sp³-hybridized carbons (Fsp3) is 0.143. The van der Waals surface area contributed by atoms with Crippen LogP contribution in [-0.2, 0) is 0 Å². The van der Waals surface area contributed by atoms with Gasteiger partial charge in [-0.2, -0.15) is 0 Å². The fourth-order valence-corrected chi connectivity index (χ4v) is 2.56. The van der Waals surface area contributed by atoms with E-state index in [0.29, 0.717) is 25.8 Å². The quantitative estimate of drug-likeness (QED) is 0.766. The predicted molar refractivity (Wildman–Crippen MR) is 83.1 cm³/mol. The van der Waals surface area contributed by atoms with Crippen molar-refractivity contribution in [2.24, 2.45) is 5.73 Å². The van der Waals surface area contributed by atoms with Gasteiger partial charge in [-0.3, -0.25) is 0 Å². The van der Waals surface area contributed by atoms with E-state index in [4.69, 9.17) is 33.7 Å². The molecule has 0 aliphatic rings. The Bertz CT molecular complexity index is 651. The average Bonchev–Trinajstić information content (AvgIpc) is 2.42. The van der Waals surface area contributed by atoms with E-state index >= 15 is 0 Å². The third-order valence-corrected chi connectivity index (χ3v) is 4.33. The van der Waals surface area contributed by atoms with E-state index in [-0.39, 0.29) is 5.56 Å². The summed E-state index contributed by atoms with van der Waals surface area (Å²) in [5, 5.41) is 0.887. The highest BCUT2D eigenvalue weighted by Gasteiger charge is 2.19. The maximum absolute atomic E-state index is 14.1. The Morgan fingerprint density at radius 2 is 1.90 bits per heavy atom. The van der Waals surface area contributed by atoms with Crippen molar-refractivity contribution in [3.05, 3.63) is 61.8 Å². The van der Waals surface area contributed by atoms with E-state index < -0.39 is 11.9 Å². The highest BCUT2D eigenvalue weighted by molar-refractivity contribution is 9.10. The SMILES string of the molecule is COc1ccc(Cl)cc1C(N)c1cc(Cl)c(Br)cc1F. The molecule has 0 heterocycles. The monoisotopic (exact) mass is 377 g/mol. The number of benzene rings is 2. The largest absolute Gasteiger partial charge is 0.496 e. The van der Waals surface area contributed by atoms with Crippen molar-refractivity contribution in [1.82, 2.24) is 0 Å². The topological polar surface area (TPSA) is 35.2 Å². The highest BCUT2D eigenvalue weighted by atomic mass is 79.9. The van der Waals surface area contributed by atoms with E-state index in [0.717, 1.165) is 0 Å². The molecule has 106 valence electrons.